The van der Waals surface area contributed by atoms with E-state index in [0.717, 1.165) is 6.07 Å². The molecule has 2 nitrogen and oxygen atoms in total. The van der Waals surface area contributed by atoms with Gasteiger partial charge in [0.15, 0.2) is 0 Å². The van der Waals surface area contributed by atoms with E-state index in [9.17, 15) is 17.6 Å². The molecule has 0 unspecified atom stereocenters. The number of hydrogen-bond acceptors (Lipinski definition) is 2. The SMILES string of the molecule is Fc1ccc(Br)c(F)c1[C@@H](CC(F)F)N1CCNCC1. The second-order valence-electron chi connectivity index (χ2n) is 4.69. The molecule has 1 fully saturated rings. The first kappa shape index (κ1) is 15.7. The molecular formula is C13H15BrF4N2. The van der Waals surface area contributed by atoms with Gasteiger partial charge in [-0.25, -0.2) is 17.6 Å². The summed E-state index contributed by atoms with van der Waals surface area (Å²) in [6.45, 7) is 2.22. The van der Waals surface area contributed by atoms with Gasteiger partial charge in [0.2, 0.25) is 6.43 Å². The minimum atomic E-state index is -2.62. The van der Waals surface area contributed by atoms with Crippen LogP contribution in [0, 0.1) is 11.6 Å². The largest absolute Gasteiger partial charge is 0.314 e. The van der Waals surface area contributed by atoms with E-state index in [-0.39, 0.29) is 10.0 Å². The van der Waals surface area contributed by atoms with Crippen LogP contribution in [0.25, 0.3) is 0 Å². The zero-order valence-electron chi connectivity index (χ0n) is 10.7. The molecular weight excluding hydrogens is 340 g/mol. The van der Waals surface area contributed by atoms with Crippen molar-refractivity contribution in [3.05, 3.63) is 33.8 Å². The monoisotopic (exact) mass is 354 g/mol. The predicted octanol–water partition coefficient (Wildman–Crippen LogP) is 3.33. The Morgan fingerprint density at radius 2 is 1.85 bits per heavy atom. The van der Waals surface area contributed by atoms with Crippen LogP contribution >= 0.6 is 15.9 Å². The number of halogens is 5. The van der Waals surface area contributed by atoms with Gasteiger partial charge in [-0.3, -0.25) is 4.90 Å². The fourth-order valence-corrected chi connectivity index (χ4v) is 2.81. The van der Waals surface area contributed by atoms with Gasteiger partial charge >= 0.3 is 0 Å². The molecule has 1 aromatic carbocycles. The van der Waals surface area contributed by atoms with Crippen molar-refractivity contribution in [2.75, 3.05) is 26.2 Å². The standard InChI is InChI=1S/C13H15BrF4N2/c14-8-1-2-9(15)12(13(8)18)10(7-11(16)17)20-5-3-19-4-6-20/h1-2,10-11,19H,3-7H2/t10-/m1/s1. The Kier molecular flexibility index (Phi) is 5.40. The van der Waals surface area contributed by atoms with E-state index in [1.54, 1.807) is 4.90 Å². The second-order valence-corrected chi connectivity index (χ2v) is 5.54. The number of hydrogen-bond donors (Lipinski definition) is 1. The van der Waals surface area contributed by atoms with Crippen LogP contribution in [0.15, 0.2) is 16.6 Å². The molecule has 20 heavy (non-hydrogen) atoms. The molecule has 1 aliphatic heterocycles. The smallest absolute Gasteiger partial charge is 0.240 e. The maximum atomic E-state index is 14.1. The fourth-order valence-electron chi connectivity index (χ4n) is 2.46. The lowest BCUT2D eigenvalue weighted by molar-refractivity contribution is 0.0709. The molecule has 1 aromatic rings. The van der Waals surface area contributed by atoms with Crippen molar-refractivity contribution in [2.45, 2.75) is 18.9 Å². The molecule has 0 spiro atoms. The van der Waals surface area contributed by atoms with Crippen LogP contribution in [0.3, 0.4) is 0 Å². The van der Waals surface area contributed by atoms with Crippen molar-refractivity contribution in [2.24, 2.45) is 0 Å². The van der Waals surface area contributed by atoms with Gasteiger partial charge < -0.3 is 5.32 Å². The Bertz CT molecular complexity index is 464. The Hall–Kier alpha value is -0.660. The lowest BCUT2D eigenvalue weighted by Crippen LogP contribution is -2.46. The molecule has 7 heteroatoms. The Morgan fingerprint density at radius 3 is 2.45 bits per heavy atom. The summed E-state index contributed by atoms with van der Waals surface area (Å²) in [4.78, 5) is 1.70. The van der Waals surface area contributed by atoms with Crippen molar-refractivity contribution < 1.29 is 17.6 Å². The minimum absolute atomic E-state index is 0.0864. The van der Waals surface area contributed by atoms with Crippen molar-refractivity contribution in [3.8, 4) is 0 Å². The van der Waals surface area contributed by atoms with E-state index in [1.165, 1.54) is 6.07 Å². The van der Waals surface area contributed by atoms with Crippen LogP contribution in [0.2, 0.25) is 0 Å². The van der Waals surface area contributed by atoms with Crippen molar-refractivity contribution in [1.29, 1.82) is 0 Å². The summed E-state index contributed by atoms with van der Waals surface area (Å²) >= 11 is 2.98. The number of rotatable bonds is 4. The van der Waals surface area contributed by atoms with Gasteiger partial charge in [-0.05, 0) is 28.1 Å². The van der Waals surface area contributed by atoms with Crippen molar-refractivity contribution in [3.63, 3.8) is 0 Å². The van der Waals surface area contributed by atoms with Gasteiger partial charge in [-0.1, -0.05) is 0 Å². The number of alkyl halides is 2. The Labute approximate surface area is 123 Å². The maximum Gasteiger partial charge on any atom is 0.240 e. The Morgan fingerprint density at radius 1 is 1.20 bits per heavy atom. The van der Waals surface area contributed by atoms with Gasteiger partial charge in [-0.15, -0.1) is 0 Å². The lowest BCUT2D eigenvalue weighted by Gasteiger charge is -2.35. The first-order valence-corrected chi connectivity index (χ1v) is 7.16. The molecule has 0 radical (unpaired) electrons. The molecule has 2 rings (SSSR count). The van der Waals surface area contributed by atoms with E-state index in [1.807, 2.05) is 0 Å². The van der Waals surface area contributed by atoms with Crippen LogP contribution in [-0.4, -0.2) is 37.5 Å². The third-order valence-electron chi connectivity index (χ3n) is 3.41. The summed E-state index contributed by atoms with van der Waals surface area (Å²) in [5.74, 6) is -1.58. The quantitative estimate of drug-likeness (QED) is 0.659. The molecule has 1 heterocycles. The number of benzene rings is 1. The third-order valence-corrected chi connectivity index (χ3v) is 4.02. The van der Waals surface area contributed by atoms with E-state index in [0.29, 0.717) is 26.2 Å². The van der Waals surface area contributed by atoms with Crippen LogP contribution in [-0.2, 0) is 0 Å². The van der Waals surface area contributed by atoms with Crippen LogP contribution < -0.4 is 5.32 Å². The van der Waals surface area contributed by atoms with Crippen LogP contribution in [0.4, 0.5) is 17.6 Å². The maximum absolute atomic E-state index is 14.1. The predicted molar refractivity (Wildman–Crippen MR) is 71.9 cm³/mol. The lowest BCUT2D eigenvalue weighted by atomic mass is 10.00. The normalized spacial score (nSPS) is 18.5. The summed E-state index contributed by atoms with van der Waals surface area (Å²) < 4.78 is 53.7. The van der Waals surface area contributed by atoms with E-state index < -0.39 is 30.5 Å². The zero-order chi connectivity index (χ0) is 14.7. The van der Waals surface area contributed by atoms with Crippen LogP contribution in [0.1, 0.15) is 18.0 Å². The second kappa shape index (κ2) is 6.87. The number of nitrogens with one attached hydrogen (secondary N) is 1. The molecule has 1 atom stereocenters. The molecule has 0 amide bonds. The zero-order valence-corrected chi connectivity index (χ0v) is 12.3. The van der Waals surface area contributed by atoms with E-state index in [4.69, 9.17) is 0 Å². The molecule has 0 aromatic heterocycles. The topological polar surface area (TPSA) is 15.3 Å². The van der Waals surface area contributed by atoms with E-state index in [2.05, 4.69) is 21.2 Å². The Balaban J connectivity index is 2.37. The van der Waals surface area contributed by atoms with Crippen LogP contribution in [0.5, 0.6) is 0 Å². The average molecular weight is 355 g/mol. The molecule has 1 aliphatic rings. The summed E-state index contributed by atoms with van der Waals surface area (Å²) in [5, 5.41) is 3.09. The molecule has 0 bridgehead atoms. The van der Waals surface area contributed by atoms with Crippen molar-refractivity contribution in [1.82, 2.24) is 10.2 Å². The summed E-state index contributed by atoms with van der Waals surface area (Å²) in [6.07, 6.45) is -3.20. The van der Waals surface area contributed by atoms with Gasteiger partial charge in [0.05, 0.1) is 4.47 Å². The van der Waals surface area contributed by atoms with Crippen molar-refractivity contribution >= 4 is 15.9 Å². The molecule has 0 saturated carbocycles. The third kappa shape index (κ3) is 3.51. The molecule has 112 valence electrons. The first-order valence-electron chi connectivity index (χ1n) is 6.37. The molecule has 1 saturated heterocycles. The van der Waals surface area contributed by atoms with Gasteiger partial charge in [0, 0.05) is 44.2 Å². The summed E-state index contributed by atoms with van der Waals surface area (Å²) in [5.41, 5.74) is -0.276. The average Bonchev–Trinajstić information content (AvgIpc) is 2.43. The highest BCUT2D eigenvalue weighted by molar-refractivity contribution is 9.10. The summed E-state index contributed by atoms with van der Waals surface area (Å²) in [6, 6.07) is 1.39. The highest BCUT2D eigenvalue weighted by Crippen LogP contribution is 2.34. The van der Waals surface area contributed by atoms with Gasteiger partial charge in [-0.2, -0.15) is 0 Å². The fraction of sp³-hybridized carbons (Fsp3) is 0.538. The van der Waals surface area contributed by atoms with Gasteiger partial charge in [0.1, 0.15) is 11.6 Å². The molecule has 0 aliphatic carbocycles. The summed E-state index contributed by atoms with van der Waals surface area (Å²) in [7, 11) is 0. The van der Waals surface area contributed by atoms with E-state index >= 15 is 0 Å². The molecule has 1 N–H and O–H groups in total. The first-order chi connectivity index (χ1) is 9.50. The highest BCUT2D eigenvalue weighted by Gasteiger charge is 2.30. The number of piperazine rings is 1. The highest BCUT2D eigenvalue weighted by atomic mass is 79.9. The minimum Gasteiger partial charge on any atom is -0.314 e. The number of nitrogens with zero attached hydrogens (tertiary/aromatic N) is 1. The van der Waals surface area contributed by atoms with Gasteiger partial charge in [0.25, 0.3) is 0 Å².